The minimum atomic E-state index is -0.0722. The van der Waals surface area contributed by atoms with E-state index in [1.165, 1.54) is 0 Å². The number of nitrogens with one attached hydrogen (secondary N) is 1. The zero-order valence-electron chi connectivity index (χ0n) is 13.6. The average molecular weight is 423 g/mol. The highest BCUT2D eigenvalue weighted by molar-refractivity contribution is 9.10. The Hall–Kier alpha value is -2.12. The minimum Gasteiger partial charge on any atom is -0.323 e. The highest BCUT2D eigenvalue weighted by Gasteiger charge is 2.08. The largest absolute Gasteiger partial charge is 0.323 e. The number of anilines is 1. The Balaban J connectivity index is 1.53. The van der Waals surface area contributed by atoms with Gasteiger partial charge >= 0.3 is 0 Å². The normalized spacial score (nSPS) is 10.8. The molecule has 0 aliphatic rings. The summed E-state index contributed by atoms with van der Waals surface area (Å²) in [7, 11) is 0. The molecule has 0 saturated carbocycles. The fourth-order valence-electron chi connectivity index (χ4n) is 2.37. The second-order valence-electron chi connectivity index (χ2n) is 5.65. The van der Waals surface area contributed by atoms with Crippen molar-refractivity contribution in [3.63, 3.8) is 0 Å². The van der Waals surface area contributed by atoms with Crippen molar-refractivity contribution < 1.29 is 4.79 Å². The standard InChI is InChI=1S/C17H17BrClN5O/c1-12-16(18)9-21-24(12)7-6-17(25)22-15-8-20-23(11-15)10-13-2-4-14(19)5-3-13/h2-5,8-9,11H,6-7,10H2,1H3,(H,22,25). The molecule has 0 fully saturated rings. The Labute approximate surface area is 158 Å². The number of nitrogens with zero attached hydrogens (tertiary/aromatic N) is 4. The van der Waals surface area contributed by atoms with E-state index in [9.17, 15) is 4.79 Å². The van der Waals surface area contributed by atoms with E-state index < -0.39 is 0 Å². The first-order valence-corrected chi connectivity index (χ1v) is 8.93. The van der Waals surface area contributed by atoms with Crippen molar-refractivity contribution in [3.05, 3.63) is 63.6 Å². The third-order valence-corrected chi connectivity index (χ3v) is 4.80. The molecular formula is C17H17BrClN5O. The summed E-state index contributed by atoms with van der Waals surface area (Å²) in [6, 6.07) is 7.59. The van der Waals surface area contributed by atoms with Gasteiger partial charge in [-0.1, -0.05) is 23.7 Å². The van der Waals surface area contributed by atoms with Gasteiger partial charge in [0.15, 0.2) is 0 Å². The molecule has 0 atom stereocenters. The number of carbonyl (C=O) groups excluding carboxylic acids is 1. The van der Waals surface area contributed by atoms with Crippen LogP contribution < -0.4 is 5.32 Å². The molecule has 1 N–H and O–H groups in total. The zero-order valence-corrected chi connectivity index (χ0v) is 16.0. The maximum absolute atomic E-state index is 12.1. The van der Waals surface area contributed by atoms with Crippen molar-refractivity contribution in [3.8, 4) is 0 Å². The van der Waals surface area contributed by atoms with Crippen LogP contribution in [0.1, 0.15) is 17.7 Å². The fraction of sp³-hybridized carbons (Fsp3) is 0.235. The van der Waals surface area contributed by atoms with Gasteiger partial charge in [0.25, 0.3) is 0 Å². The van der Waals surface area contributed by atoms with Crippen LogP contribution in [-0.4, -0.2) is 25.5 Å². The van der Waals surface area contributed by atoms with E-state index in [1.54, 1.807) is 21.8 Å². The van der Waals surface area contributed by atoms with Crippen LogP contribution in [0.5, 0.6) is 0 Å². The van der Waals surface area contributed by atoms with Crippen LogP contribution in [0.2, 0.25) is 5.02 Å². The number of amides is 1. The van der Waals surface area contributed by atoms with Crippen molar-refractivity contribution in [2.75, 3.05) is 5.32 Å². The molecule has 0 aliphatic carbocycles. The van der Waals surface area contributed by atoms with Crippen molar-refractivity contribution in [1.82, 2.24) is 19.6 Å². The van der Waals surface area contributed by atoms with Crippen LogP contribution >= 0.6 is 27.5 Å². The van der Waals surface area contributed by atoms with Gasteiger partial charge in [0.1, 0.15) is 0 Å². The van der Waals surface area contributed by atoms with Crippen LogP contribution in [0.15, 0.2) is 47.3 Å². The Morgan fingerprint density at radius 2 is 2.00 bits per heavy atom. The summed E-state index contributed by atoms with van der Waals surface area (Å²) in [5.41, 5.74) is 2.77. The molecule has 1 aromatic carbocycles. The molecule has 3 aromatic rings. The monoisotopic (exact) mass is 421 g/mol. The fourth-order valence-corrected chi connectivity index (χ4v) is 2.79. The third kappa shape index (κ3) is 4.70. The number of aryl methyl sites for hydroxylation is 1. The Morgan fingerprint density at radius 1 is 1.24 bits per heavy atom. The van der Waals surface area contributed by atoms with Gasteiger partial charge in [-0.15, -0.1) is 0 Å². The summed E-state index contributed by atoms with van der Waals surface area (Å²) in [4.78, 5) is 12.1. The first kappa shape index (κ1) is 17.7. The van der Waals surface area contributed by atoms with Gasteiger partial charge < -0.3 is 5.32 Å². The van der Waals surface area contributed by atoms with Crippen LogP contribution in [0, 0.1) is 6.92 Å². The lowest BCUT2D eigenvalue weighted by Crippen LogP contribution is -2.15. The quantitative estimate of drug-likeness (QED) is 0.655. The highest BCUT2D eigenvalue weighted by Crippen LogP contribution is 2.15. The first-order chi connectivity index (χ1) is 12.0. The van der Waals surface area contributed by atoms with Crippen LogP contribution in [0.25, 0.3) is 0 Å². The third-order valence-electron chi connectivity index (χ3n) is 3.77. The molecule has 6 nitrogen and oxygen atoms in total. The van der Waals surface area contributed by atoms with Crippen LogP contribution in [-0.2, 0) is 17.9 Å². The van der Waals surface area contributed by atoms with Gasteiger partial charge in [0.2, 0.25) is 5.91 Å². The number of halogens is 2. The molecule has 0 unspecified atom stereocenters. The van der Waals surface area contributed by atoms with E-state index in [0.717, 1.165) is 15.7 Å². The molecule has 0 bridgehead atoms. The molecular weight excluding hydrogens is 406 g/mol. The number of benzene rings is 1. The molecule has 0 aliphatic heterocycles. The number of hydrogen-bond acceptors (Lipinski definition) is 3. The Morgan fingerprint density at radius 3 is 2.68 bits per heavy atom. The summed E-state index contributed by atoms with van der Waals surface area (Å²) in [5, 5.41) is 12.0. The van der Waals surface area contributed by atoms with E-state index in [-0.39, 0.29) is 5.91 Å². The topological polar surface area (TPSA) is 64.7 Å². The van der Waals surface area contributed by atoms with Crippen molar-refractivity contribution in [2.45, 2.75) is 26.4 Å². The van der Waals surface area contributed by atoms with E-state index in [1.807, 2.05) is 37.4 Å². The average Bonchev–Trinajstić information content (AvgIpc) is 3.15. The summed E-state index contributed by atoms with van der Waals surface area (Å²) in [6.45, 7) is 3.10. The molecule has 8 heteroatoms. The molecule has 130 valence electrons. The maximum Gasteiger partial charge on any atom is 0.226 e. The van der Waals surface area contributed by atoms with Crippen molar-refractivity contribution >= 4 is 39.1 Å². The minimum absolute atomic E-state index is 0.0722. The van der Waals surface area contributed by atoms with Crippen LogP contribution in [0.3, 0.4) is 0 Å². The van der Waals surface area contributed by atoms with E-state index >= 15 is 0 Å². The van der Waals surface area contributed by atoms with Gasteiger partial charge in [-0.3, -0.25) is 14.2 Å². The molecule has 0 radical (unpaired) electrons. The highest BCUT2D eigenvalue weighted by atomic mass is 79.9. The van der Waals surface area contributed by atoms with Crippen LogP contribution in [0.4, 0.5) is 5.69 Å². The zero-order chi connectivity index (χ0) is 17.8. The van der Waals surface area contributed by atoms with Gasteiger partial charge in [0.05, 0.1) is 35.6 Å². The molecule has 3 rings (SSSR count). The Bertz CT molecular complexity index is 872. The van der Waals surface area contributed by atoms with Crippen molar-refractivity contribution in [2.24, 2.45) is 0 Å². The summed E-state index contributed by atoms with van der Waals surface area (Å²) >= 11 is 9.29. The lowest BCUT2D eigenvalue weighted by Gasteiger charge is -2.05. The second kappa shape index (κ2) is 7.84. The van der Waals surface area contributed by atoms with E-state index in [0.29, 0.717) is 30.2 Å². The summed E-state index contributed by atoms with van der Waals surface area (Å²) in [6.07, 6.45) is 5.52. The first-order valence-electron chi connectivity index (χ1n) is 7.76. The second-order valence-corrected chi connectivity index (χ2v) is 6.94. The number of aromatic nitrogens is 4. The Kier molecular flexibility index (Phi) is 5.55. The van der Waals surface area contributed by atoms with Gasteiger partial charge in [-0.05, 0) is 40.5 Å². The summed E-state index contributed by atoms with van der Waals surface area (Å²) < 4.78 is 4.51. The van der Waals surface area contributed by atoms with Gasteiger partial charge in [0, 0.05) is 23.3 Å². The number of rotatable bonds is 6. The van der Waals surface area contributed by atoms with E-state index in [2.05, 4.69) is 31.4 Å². The predicted octanol–water partition coefficient (Wildman–Crippen LogP) is 3.88. The summed E-state index contributed by atoms with van der Waals surface area (Å²) in [5.74, 6) is -0.0722. The molecule has 25 heavy (non-hydrogen) atoms. The lowest BCUT2D eigenvalue weighted by atomic mass is 10.2. The number of carbonyl (C=O) groups is 1. The van der Waals surface area contributed by atoms with Gasteiger partial charge in [-0.2, -0.15) is 10.2 Å². The van der Waals surface area contributed by atoms with Gasteiger partial charge in [-0.25, -0.2) is 0 Å². The molecule has 0 saturated heterocycles. The molecule has 1 amide bonds. The number of hydrogen-bond donors (Lipinski definition) is 1. The van der Waals surface area contributed by atoms with Crippen molar-refractivity contribution in [1.29, 1.82) is 0 Å². The van der Waals surface area contributed by atoms with E-state index in [4.69, 9.17) is 11.6 Å². The lowest BCUT2D eigenvalue weighted by molar-refractivity contribution is -0.116. The maximum atomic E-state index is 12.1. The predicted molar refractivity (Wildman–Crippen MR) is 101 cm³/mol. The molecule has 2 heterocycles. The molecule has 2 aromatic heterocycles. The molecule has 0 spiro atoms. The SMILES string of the molecule is Cc1c(Br)cnn1CCC(=O)Nc1cnn(Cc2ccc(Cl)cc2)c1. The smallest absolute Gasteiger partial charge is 0.226 e.